The summed E-state index contributed by atoms with van der Waals surface area (Å²) < 4.78 is 0. The minimum atomic E-state index is -0.569. The van der Waals surface area contributed by atoms with Crippen molar-refractivity contribution in [2.24, 2.45) is 0 Å². The Morgan fingerprint density at radius 1 is 0.218 bits per heavy atom. The lowest BCUT2D eigenvalue weighted by atomic mass is 9.67. The molecule has 0 saturated heterocycles. The lowest BCUT2D eigenvalue weighted by Gasteiger charge is -2.34. The molecule has 0 fully saturated rings. The standard InChI is InChI=1S/C75H49N3/c1-6-20-52(21-7-1)70-71(53-36-34-50(35-37-53)51-44-46-76-47-45-51)78-73-61(55-39-41-65-63-31-17-19-33-67(63)75(69(65)49-55,58-26-12-4-13-27-58)59-28-14-5-15-29-59)43-42-60(72(73)77-70)54-38-40-64-62-30-16-18-32-66(62)74(68(64)48-54,56-22-8-2-9-23-56)57-24-10-3-11-25-57/h1-49H. The number of benzene rings is 11. The second-order valence-corrected chi connectivity index (χ2v) is 20.5. The van der Waals surface area contributed by atoms with Crippen molar-refractivity contribution in [1.29, 1.82) is 0 Å². The molecular formula is C75H49N3. The summed E-state index contributed by atoms with van der Waals surface area (Å²) in [7, 11) is 0. The van der Waals surface area contributed by atoms with Crippen molar-refractivity contribution >= 4 is 11.0 Å². The van der Waals surface area contributed by atoms with E-state index < -0.39 is 10.8 Å². The molecule has 13 aromatic rings. The third-order valence-corrected chi connectivity index (χ3v) is 16.6. The Morgan fingerprint density at radius 3 is 0.949 bits per heavy atom. The van der Waals surface area contributed by atoms with Crippen LogP contribution in [0.1, 0.15) is 44.5 Å². The molecule has 0 bridgehead atoms. The van der Waals surface area contributed by atoms with Gasteiger partial charge in [-0.25, -0.2) is 9.97 Å². The van der Waals surface area contributed by atoms with E-state index in [0.717, 1.165) is 66.9 Å². The first-order valence-electron chi connectivity index (χ1n) is 26.8. The van der Waals surface area contributed by atoms with Gasteiger partial charge in [0.25, 0.3) is 0 Å². The minimum absolute atomic E-state index is 0.567. The van der Waals surface area contributed by atoms with Gasteiger partial charge in [-0.15, -0.1) is 0 Å². The summed E-state index contributed by atoms with van der Waals surface area (Å²) in [5.74, 6) is 0. The normalized spacial score (nSPS) is 13.3. The summed E-state index contributed by atoms with van der Waals surface area (Å²) >= 11 is 0. The van der Waals surface area contributed by atoms with E-state index in [-0.39, 0.29) is 0 Å². The van der Waals surface area contributed by atoms with Gasteiger partial charge in [-0.3, -0.25) is 4.98 Å². The predicted octanol–water partition coefficient (Wildman–Crippen LogP) is 18.1. The highest BCUT2D eigenvalue weighted by atomic mass is 14.8. The summed E-state index contributed by atoms with van der Waals surface area (Å²) in [5.41, 5.74) is 25.5. The van der Waals surface area contributed by atoms with Crippen LogP contribution in [-0.4, -0.2) is 15.0 Å². The smallest absolute Gasteiger partial charge is 0.0979 e. The maximum atomic E-state index is 5.93. The van der Waals surface area contributed by atoms with Gasteiger partial charge in [0.1, 0.15) is 0 Å². The molecule has 2 aromatic heterocycles. The first-order chi connectivity index (χ1) is 38.7. The first-order valence-corrected chi connectivity index (χ1v) is 26.8. The van der Waals surface area contributed by atoms with Gasteiger partial charge in [0.15, 0.2) is 0 Å². The van der Waals surface area contributed by atoms with E-state index in [1.54, 1.807) is 0 Å². The summed E-state index contributed by atoms with van der Waals surface area (Å²) in [4.78, 5) is 16.1. The van der Waals surface area contributed by atoms with Crippen molar-refractivity contribution in [2.75, 3.05) is 0 Å². The minimum Gasteiger partial charge on any atom is -0.265 e. The molecule has 364 valence electrons. The van der Waals surface area contributed by atoms with Crippen LogP contribution in [0.5, 0.6) is 0 Å². The number of rotatable bonds is 9. The Morgan fingerprint density at radius 2 is 0.526 bits per heavy atom. The van der Waals surface area contributed by atoms with Crippen LogP contribution in [0.4, 0.5) is 0 Å². The van der Waals surface area contributed by atoms with Crippen LogP contribution in [0.25, 0.3) is 89.2 Å². The van der Waals surface area contributed by atoms with Crippen LogP contribution in [-0.2, 0) is 10.8 Å². The Bertz CT molecular complexity index is 4310. The Balaban J connectivity index is 1.01. The molecule has 0 amide bonds. The van der Waals surface area contributed by atoms with E-state index in [0.29, 0.717) is 0 Å². The monoisotopic (exact) mass is 991 g/mol. The number of hydrogen-bond donors (Lipinski definition) is 0. The number of aromatic nitrogens is 3. The summed E-state index contributed by atoms with van der Waals surface area (Å²) in [6.07, 6.45) is 3.68. The maximum Gasteiger partial charge on any atom is 0.0979 e. The molecule has 0 atom stereocenters. The highest BCUT2D eigenvalue weighted by Gasteiger charge is 2.47. The van der Waals surface area contributed by atoms with E-state index in [1.807, 2.05) is 12.4 Å². The molecule has 11 aromatic carbocycles. The van der Waals surface area contributed by atoms with Crippen LogP contribution in [0.2, 0.25) is 0 Å². The second-order valence-electron chi connectivity index (χ2n) is 20.5. The molecule has 0 unspecified atom stereocenters. The van der Waals surface area contributed by atoms with Crippen molar-refractivity contribution in [2.45, 2.75) is 10.8 Å². The zero-order valence-corrected chi connectivity index (χ0v) is 42.6. The molecule has 15 rings (SSSR count). The van der Waals surface area contributed by atoms with Gasteiger partial charge in [0, 0.05) is 34.6 Å². The molecule has 3 nitrogen and oxygen atoms in total. The van der Waals surface area contributed by atoms with Crippen molar-refractivity contribution < 1.29 is 0 Å². The van der Waals surface area contributed by atoms with Crippen LogP contribution in [0.15, 0.2) is 298 Å². The zero-order chi connectivity index (χ0) is 51.6. The van der Waals surface area contributed by atoms with E-state index in [1.165, 1.54) is 66.8 Å². The Labute approximate surface area is 454 Å². The van der Waals surface area contributed by atoms with E-state index in [2.05, 4.69) is 290 Å². The highest BCUT2D eigenvalue weighted by molar-refractivity contribution is 6.04. The highest BCUT2D eigenvalue weighted by Crippen LogP contribution is 2.59. The molecule has 0 N–H and O–H groups in total. The van der Waals surface area contributed by atoms with Gasteiger partial charge < -0.3 is 0 Å². The van der Waals surface area contributed by atoms with E-state index >= 15 is 0 Å². The van der Waals surface area contributed by atoms with Crippen LogP contribution in [0, 0.1) is 0 Å². The molecule has 2 aliphatic carbocycles. The number of pyridine rings is 1. The van der Waals surface area contributed by atoms with Crippen LogP contribution in [0.3, 0.4) is 0 Å². The molecule has 0 radical (unpaired) electrons. The van der Waals surface area contributed by atoms with Gasteiger partial charge in [0.2, 0.25) is 0 Å². The fourth-order valence-electron chi connectivity index (χ4n) is 13.2. The molecule has 0 spiro atoms. The molecule has 78 heavy (non-hydrogen) atoms. The number of fused-ring (bicyclic) bond motifs is 7. The zero-order valence-electron chi connectivity index (χ0n) is 42.6. The molecule has 0 aliphatic heterocycles. The Kier molecular flexibility index (Phi) is 10.7. The van der Waals surface area contributed by atoms with Gasteiger partial charge in [-0.1, -0.05) is 261 Å². The van der Waals surface area contributed by atoms with Gasteiger partial charge in [-0.2, -0.15) is 0 Å². The van der Waals surface area contributed by atoms with Crippen molar-refractivity contribution in [3.8, 4) is 78.1 Å². The molecular weight excluding hydrogens is 943 g/mol. The van der Waals surface area contributed by atoms with Gasteiger partial charge in [-0.05, 0) is 113 Å². The third kappa shape index (κ3) is 6.88. The van der Waals surface area contributed by atoms with Crippen molar-refractivity contribution in [3.63, 3.8) is 0 Å². The number of hydrogen-bond acceptors (Lipinski definition) is 3. The molecule has 3 heteroatoms. The maximum absolute atomic E-state index is 5.93. The first kappa shape index (κ1) is 45.3. The van der Waals surface area contributed by atoms with E-state index in [4.69, 9.17) is 9.97 Å². The van der Waals surface area contributed by atoms with E-state index in [9.17, 15) is 0 Å². The lowest BCUT2D eigenvalue weighted by molar-refractivity contribution is 0.769. The molecule has 0 saturated carbocycles. The predicted molar refractivity (Wildman–Crippen MR) is 319 cm³/mol. The average Bonchev–Trinajstić information content (AvgIpc) is 3.43. The third-order valence-electron chi connectivity index (χ3n) is 16.6. The van der Waals surface area contributed by atoms with Gasteiger partial charge >= 0.3 is 0 Å². The molecule has 2 heterocycles. The topological polar surface area (TPSA) is 38.7 Å². The summed E-state index contributed by atoms with van der Waals surface area (Å²) in [6, 6.07) is 104. The van der Waals surface area contributed by atoms with Crippen LogP contribution < -0.4 is 0 Å². The van der Waals surface area contributed by atoms with Crippen molar-refractivity contribution in [3.05, 3.63) is 342 Å². The summed E-state index contributed by atoms with van der Waals surface area (Å²) in [6.45, 7) is 0. The summed E-state index contributed by atoms with van der Waals surface area (Å²) in [5, 5.41) is 0. The quantitative estimate of drug-likeness (QED) is 0.145. The molecule has 2 aliphatic rings. The fraction of sp³-hybridized carbons (Fsp3) is 0.0267. The SMILES string of the molecule is c1ccc(-c2nc3c(-c4ccc5c(c4)C(c4ccccc4)(c4ccccc4)c4ccccc4-5)ccc(-c4ccc5c(c4)C(c4ccccc4)(c4ccccc4)c4ccccc4-5)c3nc2-c2ccc(-c3ccncc3)cc2)cc1. The Hall–Kier alpha value is -10.1. The van der Waals surface area contributed by atoms with Crippen LogP contribution >= 0.6 is 0 Å². The largest absolute Gasteiger partial charge is 0.265 e. The van der Waals surface area contributed by atoms with Crippen molar-refractivity contribution in [1.82, 2.24) is 15.0 Å². The average molecular weight is 992 g/mol. The second kappa shape index (κ2) is 18.3. The fourth-order valence-corrected chi connectivity index (χ4v) is 13.2. The van der Waals surface area contributed by atoms with Gasteiger partial charge in [0.05, 0.1) is 33.3 Å². The number of nitrogens with zero attached hydrogens (tertiary/aromatic N) is 3. The lowest BCUT2D eigenvalue weighted by Crippen LogP contribution is -2.28.